The van der Waals surface area contributed by atoms with Crippen LogP contribution in [0.2, 0.25) is 0 Å². The van der Waals surface area contributed by atoms with E-state index in [1.165, 1.54) is 14.7 Å². The Hall–Kier alpha value is -1.74. The van der Waals surface area contributed by atoms with E-state index in [2.05, 4.69) is 0 Å². The highest BCUT2D eigenvalue weighted by molar-refractivity contribution is 5.88. The van der Waals surface area contributed by atoms with Gasteiger partial charge in [-0.2, -0.15) is 0 Å². The van der Waals surface area contributed by atoms with Gasteiger partial charge in [-0.3, -0.25) is 29.3 Å². The monoisotopic (exact) mass is 609 g/mol. The number of hydrogen-bond donors (Lipinski definition) is 8. The highest BCUT2D eigenvalue weighted by atomic mass is 16.3. The molecule has 17 heteroatoms. The summed E-state index contributed by atoms with van der Waals surface area (Å²) >= 11 is 0. The van der Waals surface area contributed by atoms with Gasteiger partial charge >= 0.3 is 6.03 Å². The van der Waals surface area contributed by atoms with Gasteiger partial charge < -0.3 is 50.7 Å². The first-order chi connectivity index (χ1) is 20.3. The Labute approximate surface area is 246 Å². The number of aliphatic hydroxyl groups is 8. The molecular weight excluding hydrogens is 558 g/mol. The number of amides is 3. The van der Waals surface area contributed by atoms with Crippen molar-refractivity contribution in [3.63, 3.8) is 0 Å². The van der Waals surface area contributed by atoms with Crippen molar-refractivity contribution in [1.29, 1.82) is 0 Å². The molecule has 2 saturated heterocycles. The van der Waals surface area contributed by atoms with Crippen molar-refractivity contribution in [2.45, 2.75) is 12.2 Å². The lowest BCUT2D eigenvalue weighted by molar-refractivity contribution is -0.137. The summed E-state index contributed by atoms with van der Waals surface area (Å²) in [6, 6.07) is -1.12. The highest BCUT2D eigenvalue weighted by Gasteiger charge is 2.60. The zero-order chi connectivity index (χ0) is 31.1. The lowest BCUT2D eigenvalue weighted by Crippen LogP contribution is -2.54. The molecule has 0 aromatic carbocycles. The van der Waals surface area contributed by atoms with Gasteiger partial charge in [0.1, 0.15) is 6.17 Å². The number of likely N-dealkylation sites (tertiary alicyclic amines) is 1. The molecule has 246 valence electrons. The SMILES string of the molecule is O=C1[C@H](CN(CCO)CCO)[C@@H]2[C@H](N1CN(CCO)CCO)N(CN(CCO)CCO)C(=O)N2CN(CCO)CCO. The van der Waals surface area contributed by atoms with Crippen LogP contribution in [0, 0.1) is 5.92 Å². The van der Waals surface area contributed by atoms with Crippen LogP contribution in [0.15, 0.2) is 0 Å². The van der Waals surface area contributed by atoms with E-state index < -0.39 is 24.2 Å². The number of urea groups is 1. The standard InChI is InChI=1S/C25H51N7O10/c33-9-1-26(2-10-34)17-21-22-23(31(24(21)41)19-28(5-13-37)6-14-38)32(20-29(7-15-39)8-16-40)25(42)30(22)18-27(3-11-35)4-12-36/h21-23,33-40H,1-20H2/t21-,22-,23-/m1/s1. The summed E-state index contributed by atoms with van der Waals surface area (Å²) in [6.07, 6.45) is -0.801. The molecule has 3 amide bonds. The predicted octanol–water partition coefficient (Wildman–Crippen LogP) is -6.10. The summed E-state index contributed by atoms with van der Waals surface area (Å²) in [5, 5.41) is 76.8. The number of carbonyl (C=O) groups excluding carboxylic acids is 2. The van der Waals surface area contributed by atoms with Crippen molar-refractivity contribution in [2.75, 3.05) is 132 Å². The smallest absolute Gasteiger partial charge is 0.324 e. The third kappa shape index (κ3) is 9.63. The maximum absolute atomic E-state index is 14.2. The molecule has 17 nitrogen and oxygen atoms in total. The molecule has 0 bridgehead atoms. The van der Waals surface area contributed by atoms with E-state index in [9.17, 15) is 50.4 Å². The van der Waals surface area contributed by atoms with E-state index in [1.807, 2.05) is 0 Å². The molecule has 0 aliphatic carbocycles. The molecule has 2 aliphatic rings. The van der Waals surface area contributed by atoms with Crippen molar-refractivity contribution in [1.82, 2.24) is 34.3 Å². The minimum atomic E-state index is -0.801. The van der Waals surface area contributed by atoms with Crippen LogP contribution < -0.4 is 0 Å². The van der Waals surface area contributed by atoms with Gasteiger partial charge in [-0.05, 0) is 0 Å². The van der Waals surface area contributed by atoms with Crippen LogP contribution in [-0.4, -0.2) is 231 Å². The number of aliphatic hydroxyl groups excluding tert-OH is 8. The number of fused-ring (bicyclic) bond motifs is 1. The molecule has 2 aliphatic heterocycles. The van der Waals surface area contributed by atoms with Crippen LogP contribution in [0.1, 0.15) is 0 Å². The van der Waals surface area contributed by atoms with Gasteiger partial charge in [0, 0.05) is 58.9 Å². The van der Waals surface area contributed by atoms with Crippen LogP contribution in [0.25, 0.3) is 0 Å². The minimum absolute atomic E-state index is 0.00618. The van der Waals surface area contributed by atoms with E-state index in [4.69, 9.17) is 0 Å². The summed E-state index contributed by atoms with van der Waals surface area (Å²) < 4.78 is 0. The summed E-state index contributed by atoms with van der Waals surface area (Å²) in [5.74, 6) is -1.07. The van der Waals surface area contributed by atoms with Crippen LogP contribution in [0.3, 0.4) is 0 Å². The maximum Gasteiger partial charge on any atom is 0.324 e. The summed E-state index contributed by atoms with van der Waals surface area (Å²) in [4.78, 5) is 39.7. The van der Waals surface area contributed by atoms with Crippen LogP contribution >= 0.6 is 0 Å². The van der Waals surface area contributed by atoms with Crippen molar-refractivity contribution in [2.24, 2.45) is 5.92 Å². The van der Waals surface area contributed by atoms with E-state index in [1.54, 1.807) is 19.6 Å². The fraction of sp³-hybridized carbons (Fsp3) is 0.920. The highest BCUT2D eigenvalue weighted by Crippen LogP contribution is 2.39. The van der Waals surface area contributed by atoms with Gasteiger partial charge in [0.15, 0.2) is 0 Å². The average molecular weight is 610 g/mol. The Morgan fingerprint density at radius 1 is 0.476 bits per heavy atom. The third-order valence-electron chi connectivity index (χ3n) is 7.65. The Kier molecular flexibility index (Phi) is 16.9. The van der Waals surface area contributed by atoms with Gasteiger partial charge in [-0.25, -0.2) is 4.79 Å². The minimum Gasteiger partial charge on any atom is -0.395 e. The summed E-state index contributed by atoms with van der Waals surface area (Å²) in [6.45, 7) is -0.140. The predicted molar refractivity (Wildman–Crippen MR) is 149 cm³/mol. The molecule has 0 unspecified atom stereocenters. The van der Waals surface area contributed by atoms with Gasteiger partial charge in [-0.1, -0.05) is 0 Å². The van der Waals surface area contributed by atoms with Gasteiger partial charge in [0.05, 0.1) is 84.8 Å². The first-order valence-corrected chi connectivity index (χ1v) is 14.5. The van der Waals surface area contributed by atoms with Crippen molar-refractivity contribution in [3.05, 3.63) is 0 Å². The van der Waals surface area contributed by atoms with E-state index in [0.29, 0.717) is 0 Å². The first kappa shape index (κ1) is 36.5. The number of nitrogens with zero attached hydrogens (tertiary/aromatic N) is 7. The van der Waals surface area contributed by atoms with Crippen LogP contribution in [-0.2, 0) is 4.79 Å². The van der Waals surface area contributed by atoms with Crippen LogP contribution in [0.5, 0.6) is 0 Å². The Morgan fingerprint density at radius 2 is 0.810 bits per heavy atom. The zero-order valence-electron chi connectivity index (χ0n) is 24.4. The molecule has 0 saturated carbocycles. The summed E-state index contributed by atoms with van der Waals surface area (Å²) in [7, 11) is 0. The zero-order valence-corrected chi connectivity index (χ0v) is 24.4. The van der Waals surface area contributed by atoms with Gasteiger partial charge in [0.25, 0.3) is 0 Å². The third-order valence-corrected chi connectivity index (χ3v) is 7.65. The topological polar surface area (TPSA) is 219 Å². The van der Waals surface area contributed by atoms with Crippen molar-refractivity contribution >= 4 is 11.9 Å². The second-order valence-electron chi connectivity index (χ2n) is 10.4. The molecule has 0 aromatic rings. The second-order valence-corrected chi connectivity index (χ2v) is 10.4. The van der Waals surface area contributed by atoms with Crippen LogP contribution in [0.4, 0.5) is 4.79 Å². The molecule has 2 fully saturated rings. The molecule has 0 spiro atoms. The van der Waals surface area contributed by atoms with Crippen molar-refractivity contribution < 1.29 is 50.4 Å². The number of carbonyl (C=O) groups is 2. The molecule has 42 heavy (non-hydrogen) atoms. The summed E-state index contributed by atoms with van der Waals surface area (Å²) in [5.41, 5.74) is 0. The second kappa shape index (κ2) is 19.5. The molecule has 2 heterocycles. The fourth-order valence-electron chi connectivity index (χ4n) is 5.77. The first-order valence-electron chi connectivity index (χ1n) is 14.5. The Morgan fingerprint density at radius 3 is 1.19 bits per heavy atom. The Bertz CT molecular complexity index is 646. The number of rotatable bonds is 24. The fourth-order valence-corrected chi connectivity index (χ4v) is 5.77. The molecule has 3 atom stereocenters. The van der Waals surface area contributed by atoms with Crippen molar-refractivity contribution in [3.8, 4) is 0 Å². The molecule has 0 radical (unpaired) electrons. The molecule has 2 rings (SSSR count). The maximum atomic E-state index is 14.2. The quantitative estimate of drug-likeness (QED) is 0.0511. The van der Waals surface area contributed by atoms with Gasteiger partial charge in [-0.15, -0.1) is 0 Å². The molecular formula is C25H51N7O10. The van der Waals surface area contributed by atoms with Gasteiger partial charge in [0.2, 0.25) is 5.91 Å². The molecule has 8 N–H and O–H groups in total. The lowest BCUT2D eigenvalue weighted by atomic mass is 10.00. The lowest BCUT2D eigenvalue weighted by Gasteiger charge is -2.36. The normalized spacial score (nSPS) is 21.0. The number of hydrogen-bond acceptors (Lipinski definition) is 14. The van der Waals surface area contributed by atoms with E-state index in [0.717, 1.165) is 0 Å². The molecule has 0 aromatic heterocycles. The average Bonchev–Trinajstić information content (AvgIpc) is 3.36. The largest absolute Gasteiger partial charge is 0.395 e. The van der Waals surface area contributed by atoms with E-state index >= 15 is 0 Å². The van der Waals surface area contributed by atoms with E-state index in [-0.39, 0.29) is 138 Å². The Balaban J connectivity index is 2.60.